The standard InChI is InChI=1S/C10H12O3/c1-4(11)13-10(12)8-5-2-6-7(3-5)9(6)8/h5-9H,2-3H2,1H3/t5?,6-,7-,8-,9?/m1/s1. The van der Waals surface area contributed by atoms with Gasteiger partial charge in [0.1, 0.15) is 0 Å². The van der Waals surface area contributed by atoms with Gasteiger partial charge in [0.25, 0.3) is 0 Å². The van der Waals surface area contributed by atoms with E-state index in [1.807, 2.05) is 0 Å². The lowest BCUT2D eigenvalue weighted by atomic mass is 9.99. The van der Waals surface area contributed by atoms with Crippen molar-refractivity contribution in [3.05, 3.63) is 0 Å². The highest BCUT2D eigenvalue weighted by Gasteiger charge is 2.70. The Balaban J connectivity index is 1.74. The smallest absolute Gasteiger partial charge is 0.317 e. The van der Waals surface area contributed by atoms with Gasteiger partial charge in [-0.3, -0.25) is 9.59 Å². The predicted octanol–water partition coefficient (Wildman–Crippen LogP) is 0.978. The van der Waals surface area contributed by atoms with E-state index in [1.165, 1.54) is 19.8 Å². The molecule has 0 N–H and O–H groups in total. The third-order valence-corrected chi connectivity index (χ3v) is 3.99. The summed E-state index contributed by atoms with van der Waals surface area (Å²) in [6.07, 6.45) is 2.40. The van der Waals surface area contributed by atoms with Gasteiger partial charge in [0.2, 0.25) is 0 Å². The van der Waals surface area contributed by atoms with E-state index in [-0.39, 0.29) is 11.9 Å². The highest BCUT2D eigenvalue weighted by Crippen LogP contribution is 2.73. The van der Waals surface area contributed by atoms with Crippen LogP contribution >= 0.6 is 0 Å². The van der Waals surface area contributed by atoms with Crippen LogP contribution in [0.1, 0.15) is 19.8 Å². The minimum absolute atomic E-state index is 0.0684. The molecule has 4 aliphatic rings. The molecule has 13 heavy (non-hydrogen) atoms. The Labute approximate surface area is 76.4 Å². The zero-order valence-corrected chi connectivity index (χ0v) is 7.53. The lowest BCUT2D eigenvalue weighted by Gasteiger charge is -2.11. The maximum Gasteiger partial charge on any atom is 0.317 e. The molecule has 0 unspecified atom stereocenters. The molecule has 3 atom stereocenters. The van der Waals surface area contributed by atoms with Crippen molar-refractivity contribution < 1.29 is 14.3 Å². The summed E-state index contributed by atoms with van der Waals surface area (Å²) in [7, 11) is 0. The molecular formula is C10H12O3. The van der Waals surface area contributed by atoms with Gasteiger partial charge in [-0.05, 0) is 36.5 Å². The maximum absolute atomic E-state index is 11.5. The molecule has 4 rings (SSSR count). The van der Waals surface area contributed by atoms with Gasteiger partial charge >= 0.3 is 11.9 Å². The van der Waals surface area contributed by atoms with Crippen LogP contribution in [0.3, 0.4) is 0 Å². The molecule has 4 bridgehead atoms. The Bertz CT molecular complexity index is 283. The van der Waals surface area contributed by atoms with Gasteiger partial charge in [0, 0.05) is 6.92 Å². The Morgan fingerprint density at radius 3 is 2.23 bits per heavy atom. The predicted molar refractivity (Wildman–Crippen MR) is 43.5 cm³/mol. The lowest BCUT2D eigenvalue weighted by molar-refractivity contribution is -0.162. The molecule has 4 saturated carbocycles. The molecule has 0 aliphatic heterocycles. The average molecular weight is 180 g/mol. The van der Waals surface area contributed by atoms with Crippen molar-refractivity contribution in [1.82, 2.24) is 0 Å². The summed E-state index contributed by atoms with van der Waals surface area (Å²) >= 11 is 0. The third kappa shape index (κ3) is 0.847. The van der Waals surface area contributed by atoms with Crippen molar-refractivity contribution in [3.63, 3.8) is 0 Å². The fourth-order valence-electron chi connectivity index (χ4n) is 3.63. The number of esters is 2. The van der Waals surface area contributed by atoms with Crippen LogP contribution in [-0.2, 0) is 14.3 Å². The first kappa shape index (κ1) is 7.54. The number of carbonyl (C=O) groups is 2. The van der Waals surface area contributed by atoms with Crippen molar-refractivity contribution in [3.8, 4) is 0 Å². The molecule has 3 heteroatoms. The van der Waals surface area contributed by atoms with Crippen LogP contribution in [0, 0.1) is 29.6 Å². The van der Waals surface area contributed by atoms with E-state index in [0.29, 0.717) is 11.8 Å². The topological polar surface area (TPSA) is 43.4 Å². The molecule has 0 aromatic carbocycles. The van der Waals surface area contributed by atoms with Gasteiger partial charge < -0.3 is 4.74 Å². The lowest BCUT2D eigenvalue weighted by Crippen LogP contribution is -2.22. The van der Waals surface area contributed by atoms with Gasteiger partial charge in [-0.2, -0.15) is 0 Å². The molecule has 0 radical (unpaired) electrons. The molecule has 3 nitrogen and oxygen atoms in total. The minimum Gasteiger partial charge on any atom is -0.393 e. The van der Waals surface area contributed by atoms with E-state index in [2.05, 4.69) is 4.74 Å². The zero-order valence-electron chi connectivity index (χ0n) is 7.53. The van der Waals surface area contributed by atoms with Gasteiger partial charge in [-0.15, -0.1) is 0 Å². The summed E-state index contributed by atoms with van der Waals surface area (Å²) in [5, 5.41) is 0. The van der Waals surface area contributed by atoms with Crippen LogP contribution in [0.15, 0.2) is 0 Å². The van der Waals surface area contributed by atoms with Gasteiger partial charge in [0.15, 0.2) is 0 Å². The normalized spacial score (nSPS) is 49.2. The summed E-state index contributed by atoms with van der Waals surface area (Å²) < 4.78 is 4.65. The first-order valence-corrected chi connectivity index (χ1v) is 4.90. The van der Waals surface area contributed by atoms with Crippen molar-refractivity contribution in [1.29, 1.82) is 0 Å². The van der Waals surface area contributed by atoms with Crippen LogP contribution in [0.25, 0.3) is 0 Å². The third-order valence-electron chi connectivity index (χ3n) is 3.99. The van der Waals surface area contributed by atoms with Gasteiger partial charge in [0.05, 0.1) is 5.92 Å². The molecule has 0 spiro atoms. The van der Waals surface area contributed by atoms with E-state index in [4.69, 9.17) is 0 Å². The number of rotatable bonds is 1. The summed E-state index contributed by atoms with van der Waals surface area (Å²) in [6.45, 7) is 1.29. The second kappa shape index (κ2) is 2.14. The highest BCUT2D eigenvalue weighted by atomic mass is 16.6. The van der Waals surface area contributed by atoms with Crippen molar-refractivity contribution >= 4 is 11.9 Å². The quantitative estimate of drug-likeness (QED) is 0.446. The van der Waals surface area contributed by atoms with Gasteiger partial charge in [-0.25, -0.2) is 0 Å². The molecule has 4 aliphatic carbocycles. The second-order valence-electron chi connectivity index (χ2n) is 4.58. The summed E-state index contributed by atoms with van der Waals surface area (Å²) in [5.74, 6) is 2.06. The van der Waals surface area contributed by atoms with E-state index in [1.54, 1.807) is 0 Å². The number of hydrogen-bond acceptors (Lipinski definition) is 3. The van der Waals surface area contributed by atoms with Crippen LogP contribution in [0.2, 0.25) is 0 Å². The van der Waals surface area contributed by atoms with E-state index in [9.17, 15) is 9.59 Å². The van der Waals surface area contributed by atoms with Crippen molar-refractivity contribution in [2.24, 2.45) is 29.6 Å². The minimum atomic E-state index is -0.466. The SMILES string of the molecule is CC(=O)OC(=O)[C@@H]1C2C[C@H]3C1[C@@H]3C2. The molecule has 0 heterocycles. The summed E-state index contributed by atoms with van der Waals surface area (Å²) in [4.78, 5) is 22.1. The van der Waals surface area contributed by atoms with Gasteiger partial charge in [-0.1, -0.05) is 0 Å². The molecule has 4 fully saturated rings. The number of hydrogen-bond donors (Lipinski definition) is 0. The molecular weight excluding hydrogens is 168 g/mol. The van der Waals surface area contributed by atoms with Crippen LogP contribution in [0.5, 0.6) is 0 Å². The Morgan fingerprint density at radius 1 is 1.23 bits per heavy atom. The van der Waals surface area contributed by atoms with Crippen molar-refractivity contribution in [2.75, 3.05) is 0 Å². The van der Waals surface area contributed by atoms with Crippen LogP contribution in [0.4, 0.5) is 0 Å². The average Bonchev–Trinajstić information content (AvgIpc) is 2.52. The Kier molecular flexibility index (Phi) is 1.24. The van der Waals surface area contributed by atoms with Crippen LogP contribution < -0.4 is 0 Å². The first-order valence-electron chi connectivity index (χ1n) is 4.90. The fraction of sp³-hybridized carbons (Fsp3) is 0.800. The number of carbonyl (C=O) groups excluding carboxylic acids is 2. The van der Waals surface area contributed by atoms with Crippen molar-refractivity contribution in [2.45, 2.75) is 19.8 Å². The summed E-state index contributed by atoms with van der Waals surface area (Å²) in [6, 6.07) is 0. The highest BCUT2D eigenvalue weighted by molar-refractivity contribution is 5.86. The maximum atomic E-state index is 11.5. The van der Waals surface area contributed by atoms with Crippen LogP contribution in [-0.4, -0.2) is 11.9 Å². The molecule has 70 valence electrons. The zero-order chi connectivity index (χ0) is 9.16. The van der Waals surface area contributed by atoms with E-state index >= 15 is 0 Å². The van der Waals surface area contributed by atoms with E-state index < -0.39 is 5.97 Å². The largest absolute Gasteiger partial charge is 0.393 e. The summed E-state index contributed by atoms with van der Waals surface area (Å²) in [5.41, 5.74) is 0. The fourth-order valence-corrected chi connectivity index (χ4v) is 3.63. The first-order chi connectivity index (χ1) is 6.18. The number of ether oxygens (including phenoxy) is 1. The monoisotopic (exact) mass is 180 g/mol. The molecule has 0 amide bonds. The Hall–Kier alpha value is -0.860. The molecule has 0 saturated heterocycles. The second-order valence-corrected chi connectivity index (χ2v) is 4.58. The molecule has 0 aromatic rings. The Morgan fingerprint density at radius 2 is 1.85 bits per heavy atom. The molecule has 0 aromatic heterocycles. The van der Waals surface area contributed by atoms with E-state index in [0.717, 1.165) is 11.8 Å².